The molecule has 1 atom stereocenters. The van der Waals surface area contributed by atoms with Crippen LogP contribution in [0.4, 0.5) is 0 Å². The number of rotatable bonds is 2. The number of ketones is 1. The number of hydrogen-bond acceptors (Lipinski definition) is 1. The van der Waals surface area contributed by atoms with Crippen molar-refractivity contribution in [1.29, 1.82) is 0 Å². The Hall–Kier alpha value is 0.150. The highest BCUT2D eigenvalue weighted by Crippen LogP contribution is 2.23. The molecule has 1 saturated carbocycles. The van der Waals surface area contributed by atoms with Gasteiger partial charge in [0.25, 0.3) is 0 Å². The fourth-order valence-corrected chi connectivity index (χ4v) is 2.33. The van der Waals surface area contributed by atoms with Gasteiger partial charge < -0.3 is 0 Å². The average molecular weight is 219 g/mol. The monoisotopic (exact) mass is 218 g/mol. The number of halogens is 1. The highest BCUT2D eigenvalue weighted by molar-refractivity contribution is 9.09. The van der Waals surface area contributed by atoms with Gasteiger partial charge in [0.15, 0.2) is 0 Å². The first-order chi connectivity index (χ1) is 5.33. The topological polar surface area (TPSA) is 17.1 Å². The molecule has 1 nitrogen and oxygen atoms in total. The van der Waals surface area contributed by atoms with Crippen molar-refractivity contribution in [3.63, 3.8) is 0 Å². The van der Waals surface area contributed by atoms with E-state index < -0.39 is 0 Å². The van der Waals surface area contributed by atoms with Gasteiger partial charge in [0.2, 0.25) is 0 Å². The molecule has 1 rings (SSSR count). The Kier molecular flexibility index (Phi) is 4.13. The summed E-state index contributed by atoms with van der Waals surface area (Å²) in [6.07, 6.45) is 6.48. The molecule has 1 unspecified atom stereocenters. The third-order valence-corrected chi connectivity index (χ3v) is 2.81. The van der Waals surface area contributed by atoms with Gasteiger partial charge in [0, 0.05) is 18.2 Å². The molecule has 1 fully saturated rings. The van der Waals surface area contributed by atoms with Crippen LogP contribution < -0.4 is 0 Å². The molecule has 0 aromatic heterocycles. The van der Waals surface area contributed by atoms with Crippen LogP contribution in [-0.2, 0) is 4.79 Å². The maximum Gasteiger partial charge on any atom is 0.133 e. The van der Waals surface area contributed by atoms with Crippen LogP contribution in [0.15, 0.2) is 0 Å². The number of carbonyl (C=O) groups is 1. The maximum atomic E-state index is 11.2. The summed E-state index contributed by atoms with van der Waals surface area (Å²) in [4.78, 5) is 11.2. The Morgan fingerprint density at radius 3 is 3.00 bits per heavy atom. The van der Waals surface area contributed by atoms with Gasteiger partial charge in [0.05, 0.1) is 0 Å². The lowest BCUT2D eigenvalue weighted by Crippen LogP contribution is -2.05. The quantitative estimate of drug-likeness (QED) is 0.515. The Morgan fingerprint density at radius 2 is 2.27 bits per heavy atom. The van der Waals surface area contributed by atoms with Crippen molar-refractivity contribution in [2.24, 2.45) is 5.92 Å². The summed E-state index contributed by atoms with van der Waals surface area (Å²) in [6.45, 7) is 0. The highest BCUT2D eigenvalue weighted by atomic mass is 79.9. The minimum absolute atomic E-state index is 0.480. The van der Waals surface area contributed by atoms with E-state index in [9.17, 15) is 4.79 Å². The SMILES string of the molecule is O=C1CCCCC(CCBr)C1. The van der Waals surface area contributed by atoms with Gasteiger partial charge in [-0.2, -0.15) is 0 Å². The smallest absolute Gasteiger partial charge is 0.133 e. The largest absolute Gasteiger partial charge is 0.300 e. The van der Waals surface area contributed by atoms with E-state index in [2.05, 4.69) is 15.9 Å². The zero-order valence-corrected chi connectivity index (χ0v) is 8.40. The second-order valence-corrected chi connectivity index (χ2v) is 4.13. The predicted molar refractivity (Wildman–Crippen MR) is 50.0 cm³/mol. The molecule has 0 aliphatic heterocycles. The molecule has 0 radical (unpaired) electrons. The molecule has 0 saturated heterocycles. The molecule has 0 heterocycles. The molecule has 0 amide bonds. The molecule has 1 aliphatic carbocycles. The Labute approximate surface area is 76.7 Å². The molecule has 1 aliphatic rings. The summed E-state index contributed by atoms with van der Waals surface area (Å²) < 4.78 is 0. The van der Waals surface area contributed by atoms with Crippen molar-refractivity contribution in [3.8, 4) is 0 Å². The standard InChI is InChI=1S/C9H15BrO/c10-6-5-8-3-1-2-4-9(11)7-8/h8H,1-7H2. The summed E-state index contributed by atoms with van der Waals surface area (Å²) in [5.41, 5.74) is 0. The van der Waals surface area contributed by atoms with Gasteiger partial charge >= 0.3 is 0 Å². The summed E-state index contributed by atoms with van der Waals surface area (Å²) in [6, 6.07) is 0. The lowest BCUT2D eigenvalue weighted by Gasteiger charge is -2.09. The second-order valence-electron chi connectivity index (χ2n) is 3.33. The number of hydrogen-bond donors (Lipinski definition) is 0. The van der Waals surface area contributed by atoms with E-state index in [1.165, 1.54) is 19.3 Å². The molecule has 0 N–H and O–H groups in total. The van der Waals surface area contributed by atoms with Crippen LogP contribution in [0.2, 0.25) is 0 Å². The van der Waals surface area contributed by atoms with Gasteiger partial charge in [-0.1, -0.05) is 22.4 Å². The fraction of sp³-hybridized carbons (Fsp3) is 0.889. The van der Waals surface area contributed by atoms with Crippen molar-refractivity contribution in [2.75, 3.05) is 5.33 Å². The minimum atomic E-state index is 0.480. The fourth-order valence-electron chi connectivity index (χ4n) is 1.68. The molecule has 2 heteroatoms. The van der Waals surface area contributed by atoms with Crippen LogP contribution in [0.25, 0.3) is 0 Å². The normalized spacial score (nSPS) is 26.6. The zero-order chi connectivity index (χ0) is 8.10. The van der Waals surface area contributed by atoms with Gasteiger partial charge in [0.1, 0.15) is 5.78 Å². The van der Waals surface area contributed by atoms with Crippen molar-refractivity contribution in [2.45, 2.75) is 38.5 Å². The Bertz CT molecular complexity index is 134. The van der Waals surface area contributed by atoms with E-state index in [-0.39, 0.29) is 0 Å². The highest BCUT2D eigenvalue weighted by Gasteiger charge is 2.16. The Morgan fingerprint density at radius 1 is 1.45 bits per heavy atom. The van der Waals surface area contributed by atoms with Crippen molar-refractivity contribution in [3.05, 3.63) is 0 Å². The van der Waals surface area contributed by atoms with Crippen LogP contribution in [0.1, 0.15) is 38.5 Å². The van der Waals surface area contributed by atoms with E-state index in [0.29, 0.717) is 11.7 Å². The molecular weight excluding hydrogens is 204 g/mol. The van der Waals surface area contributed by atoms with Crippen LogP contribution >= 0.6 is 15.9 Å². The predicted octanol–water partition coefficient (Wildman–Crippen LogP) is 2.92. The molecule has 0 aromatic carbocycles. The first kappa shape index (κ1) is 9.24. The summed E-state index contributed by atoms with van der Waals surface area (Å²) >= 11 is 3.42. The van der Waals surface area contributed by atoms with E-state index in [4.69, 9.17) is 0 Å². The van der Waals surface area contributed by atoms with E-state index in [1.54, 1.807) is 0 Å². The number of alkyl halides is 1. The molecule has 11 heavy (non-hydrogen) atoms. The van der Waals surface area contributed by atoms with Crippen molar-refractivity contribution >= 4 is 21.7 Å². The number of Topliss-reactive ketones (excluding diaryl/α,β-unsaturated/α-hetero) is 1. The average Bonchev–Trinajstić information content (AvgIpc) is 2.15. The van der Waals surface area contributed by atoms with E-state index in [0.717, 1.165) is 24.6 Å². The third kappa shape index (κ3) is 3.37. The van der Waals surface area contributed by atoms with Crippen LogP contribution in [0.5, 0.6) is 0 Å². The lowest BCUT2D eigenvalue weighted by molar-refractivity contribution is -0.119. The van der Waals surface area contributed by atoms with Crippen molar-refractivity contribution < 1.29 is 4.79 Å². The first-order valence-corrected chi connectivity index (χ1v) is 5.52. The zero-order valence-electron chi connectivity index (χ0n) is 6.81. The summed E-state index contributed by atoms with van der Waals surface area (Å²) in [7, 11) is 0. The van der Waals surface area contributed by atoms with Gasteiger partial charge in [-0.05, 0) is 25.2 Å². The van der Waals surface area contributed by atoms with Crippen LogP contribution in [0, 0.1) is 5.92 Å². The first-order valence-electron chi connectivity index (χ1n) is 4.40. The number of carbonyl (C=O) groups excluding carboxylic acids is 1. The molecular formula is C9H15BrO. The third-order valence-electron chi connectivity index (χ3n) is 2.35. The van der Waals surface area contributed by atoms with Gasteiger partial charge in [-0.25, -0.2) is 0 Å². The van der Waals surface area contributed by atoms with Crippen LogP contribution in [-0.4, -0.2) is 11.1 Å². The van der Waals surface area contributed by atoms with Gasteiger partial charge in [-0.3, -0.25) is 4.79 Å². The second kappa shape index (κ2) is 4.91. The van der Waals surface area contributed by atoms with Gasteiger partial charge in [-0.15, -0.1) is 0 Å². The van der Waals surface area contributed by atoms with Crippen molar-refractivity contribution in [1.82, 2.24) is 0 Å². The summed E-state index contributed by atoms with van der Waals surface area (Å²) in [5.74, 6) is 1.15. The van der Waals surface area contributed by atoms with E-state index in [1.807, 2.05) is 0 Å². The molecule has 0 spiro atoms. The lowest BCUT2D eigenvalue weighted by atomic mass is 9.97. The van der Waals surface area contributed by atoms with E-state index >= 15 is 0 Å². The molecule has 0 bridgehead atoms. The molecule has 0 aromatic rings. The van der Waals surface area contributed by atoms with Crippen LogP contribution in [0.3, 0.4) is 0 Å². The maximum absolute atomic E-state index is 11.2. The summed E-state index contributed by atoms with van der Waals surface area (Å²) in [5, 5.41) is 1.05. The minimum Gasteiger partial charge on any atom is -0.300 e. The Balaban J connectivity index is 2.33. The molecule has 64 valence electrons.